The molecule has 1 atom stereocenters. The van der Waals surface area contributed by atoms with E-state index < -0.39 is 5.82 Å². The minimum atomic E-state index is -0.587. The van der Waals surface area contributed by atoms with Crippen molar-refractivity contribution in [1.82, 2.24) is 4.90 Å². The topological polar surface area (TPSA) is 66.6 Å². The zero-order valence-electron chi connectivity index (χ0n) is 9.40. The van der Waals surface area contributed by atoms with Crippen LogP contribution in [0.4, 0.5) is 10.1 Å². The van der Waals surface area contributed by atoms with Crippen molar-refractivity contribution in [2.45, 2.75) is 18.9 Å². The first kappa shape index (κ1) is 11.9. The third kappa shape index (κ3) is 2.10. The second kappa shape index (κ2) is 4.71. The average Bonchev–Trinajstić information content (AvgIpc) is 2.80. The number of aliphatic hydroxyl groups is 1. The minimum Gasteiger partial charge on any atom is -0.396 e. The lowest BCUT2D eigenvalue weighted by Crippen LogP contribution is -2.38. The minimum absolute atomic E-state index is 0.0685. The highest BCUT2D eigenvalue weighted by atomic mass is 19.1. The van der Waals surface area contributed by atoms with Gasteiger partial charge in [0.2, 0.25) is 0 Å². The van der Waals surface area contributed by atoms with Crippen molar-refractivity contribution in [3.05, 3.63) is 29.6 Å². The number of carbonyl (C=O) groups excluding carboxylic acids is 1. The zero-order chi connectivity index (χ0) is 12.4. The molecule has 1 saturated heterocycles. The quantitative estimate of drug-likeness (QED) is 0.755. The Balaban J connectivity index is 2.28. The fraction of sp³-hybridized carbons (Fsp3) is 0.417. The van der Waals surface area contributed by atoms with Crippen LogP contribution in [0.25, 0.3) is 0 Å². The van der Waals surface area contributed by atoms with Crippen LogP contribution in [-0.4, -0.2) is 35.1 Å². The number of anilines is 1. The number of rotatable bonds is 2. The molecular weight excluding hydrogens is 223 g/mol. The van der Waals surface area contributed by atoms with Gasteiger partial charge in [0.05, 0.1) is 23.9 Å². The van der Waals surface area contributed by atoms with E-state index in [9.17, 15) is 9.18 Å². The van der Waals surface area contributed by atoms with Gasteiger partial charge in [-0.2, -0.15) is 0 Å². The van der Waals surface area contributed by atoms with Crippen LogP contribution in [-0.2, 0) is 0 Å². The maximum Gasteiger partial charge on any atom is 0.256 e. The molecule has 2 rings (SSSR count). The van der Waals surface area contributed by atoms with E-state index in [1.807, 2.05) is 0 Å². The summed E-state index contributed by atoms with van der Waals surface area (Å²) >= 11 is 0. The molecule has 1 aromatic carbocycles. The Bertz CT molecular complexity index is 437. The standard InChI is InChI=1S/C12H15FN2O2/c13-10-5-1-4-9(11(10)14)12(17)15-6-2-3-8(15)7-16/h1,4-5,8,16H,2-3,6-7,14H2/t8-/m0/s1. The number of para-hydroxylation sites is 1. The molecule has 1 heterocycles. The number of amides is 1. The van der Waals surface area contributed by atoms with Gasteiger partial charge in [-0.05, 0) is 25.0 Å². The van der Waals surface area contributed by atoms with Gasteiger partial charge in [-0.25, -0.2) is 4.39 Å². The third-order valence-corrected chi connectivity index (χ3v) is 3.13. The molecule has 0 unspecified atom stereocenters. The number of aliphatic hydroxyl groups excluding tert-OH is 1. The first-order valence-corrected chi connectivity index (χ1v) is 5.61. The number of nitrogen functional groups attached to an aromatic ring is 1. The highest BCUT2D eigenvalue weighted by Crippen LogP contribution is 2.23. The van der Waals surface area contributed by atoms with E-state index in [1.165, 1.54) is 18.2 Å². The van der Waals surface area contributed by atoms with E-state index in [4.69, 9.17) is 10.8 Å². The van der Waals surface area contributed by atoms with Crippen molar-refractivity contribution < 1.29 is 14.3 Å². The second-order valence-electron chi connectivity index (χ2n) is 4.18. The van der Waals surface area contributed by atoms with Crippen LogP contribution in [0.2, 0.25) is 0 Å². The number of carbonyl (C=O) groups is 1. The molecule has 4 nitrogen and oxygen atoms in total. The highest BCUT2D eigenvalue weighted by Gasteiger charge is 2.29. The molecule has 0 spiro atoms. The highest BCUT2D eigenvalue weighted by molar-refractivity contribution is 5.99. The van der Waals surface area contributed by atoms with Crippen LogP contribution < -0.4 is 5.73 Å². The van der Waals surface area contributed by atoms with Gasteiger partial charge in [-0.1, -0.05) is 6.07 Å². The van der Waals surface area contributed by atoms with Gasteiger partial charge in [0.25, 0.3) is 5.91 Å². The van der Waals surface area contributed by atoms with Crippen LogP contribution in [0.1, 0.15) is 23.2 Å². The van der Waals surface area contributed by atoms with E-state index in [-0.39, 0.29) is 29.8 Å². The molecule has 92 valence electrons. The summed E-state index contributed by atoms with van der Waals surface area (Å²) in [5.74, 6) is -0.894. The van der Waals surface area contributed by atoms with Gasteiger partial charge >= 0.3 is 0 Å². The smallest absolute Gasteiger partial charge is 0.256 e. The van der Waals surface area contributed by atoms with Crippen molar-refractivity contribution in [1.29, 1.82) is 0 Å². The first-order valence-electron chi connectivity index (χ1n) is 5.61. The summed E-state index contributed by atoms with van der Waals surface area (Å²) in [7, 11) is 0. The summed E-state index contributed by atoms with van der Waals surface area (Å²) in [6.45, 7) is 0.515. The molecule has 0 saturated carbocycles. The number of halogens is 1. The SMILES string of the molecule is Nc1c(F)cccc1C(=O)N1CCC[C@H]1CO. The van der Waals surface area contributed by atoms with Gasteiger partial charge < -0.3 is 15.7 Å². The summed E-state index contributed by atoms with van der Waals surface area (Å²) in [6, 6.07) is 4.01. The maximum absolute atomic E-state index is 13.3. The normalized spacial score (nSPS) is 19.6. The lowest BCUT2D eigenvalue weighted by atomic mass is 10.1. The van der Waals surface area contributed by atoms with E-state index in [1.54, 1.807) is 4.90 Å². The van der Waals surface area contributed by atoms with E-state index in [0.29, 0.717) is 6.54 Å². The largest absolute Gasteiger partial charge is 0.396 e. The predicted molar refractivity (Wildman–Crippen MR) is 62.0 cm³/mol. The van der Waals surface area contributed by atoms with E-state index in [0.717, 1.165) is 12.8 Å². The maximum atomic E-state index is 13.3. The molecule has 1 amide bonds. The Morgan fingerprint density at radius 3 is 3.06 bits per heavy atom. The van der Waals surface area contributed by atoms with Crippen molar-refractivity contribution in [3.8, 4) is 0 Å². The summed E-state index contributed by atoms with van der Waals surface area (Å²) in [5, 5.41) is 9.16. The number of nitrogens with zero attached hydrogens (tertiary/aromatic N) is 1. The Morgan fingerprint density at radius 2 is 2.35 bits per heavy atom. The summed E-state index contributed by atoms with van der Waals surface area (Å²) in [5.41, 5.74) is 5.60. The summed E-state index contributed by atoms with van der Waals surface area (Å²) in [6.07, 6.45) is 1.63. The average molecular weight is 238 g/mol. The van der Waals surface area contributed by atoms with Crippen molar-refractivity contribution in [2.75, 3.05) is 18.9 Å². The van der Waals surface area contributed by atoms with Gasteiger partial charge in [-0.15, -0.1) is 0 Å². The Morgan fingerprint density at radius 1 is 1.59 bits per heavy atom. The van der Waals surface area contributed by atoms with Gasteiger partial charge in [0.15, 0.2) is 0 Å². The van der Waals surface area contributed by atoms with Gasteiger partial charge in [-0.3, -0.25) is 4.79 Å². The zero-order valence-corrected chi connectivity index (χ0v) is 9.40. The molecule has 1 aromatic rings. The molecule has 17 heavy (non-hydrogen) atoms. The van der Waals surface area contributed by atoms with Crippen LogP contribution in [0.3, 0.4) is 0 Å². The molecular formula is C12H15FN2O2. The summed E-state index contributed by atoms with van der Waals surface area (Å²) in [4.78, 5) is 13.7. The Kier molecular flexibility index (Phi) is 3.28. The van der Waals surface area contributed by atoms with Gasteiger partial charge in [0.1, 0.15) is 5.82 Å². The number of hydrogen-bond acceptors (Lipinski definition) is 3. The van der Waals surface area contributed by atoms with Crippen LogP contribution in [0, 0.1) is 5.82 Å². The van der Waals surface area contributed by atoms with Crippen LogP contribution in [0.5, 0.6) is 0 Å². The molecule has 0 radical (unpaired) electrons. The molecule has 0 aliphatic carbocycles. The monoisotopic (exact) mass is 238 g/mol. The Hall–Kier alpha value is -1.62. The Labute approximate surface area is 98.8 Å². The lowest BCUT2D eigenvalue weighted by molar-refractivity contribution is 0.0678. The molecule has 3 N–H and O–H groups in total. The number of likely N-dealkylation sites (tertiary alicyclic amines) is 1. The first-order chi connectivity index (χ1) is 8.15. The van der Waals surface area contributed by atoms with Crippen LogP contribution >= 0.6 is 0 Å². The fourth-order valence-corrected chi connectivity index (χ4v) is 2.17. The van der Waals surface area contributed by atoms with E-state index in [2.05, 4.69) is 0 Å². The predicted octanol–water partition coefficient (Wildman–Crippen LogP) is 1.00. The molecule has 0 bridgehead atoms. The third-order valence-electron chi connectivity index (χ3n) is 3.13. The molecule has 1 fully saturated rings. The summed E-state index contributed by atoms with van der Waals surface area (Å²) < 4.78 is 13.3. The molecule has 1 aliphatic heterocycles. The molecule has 1 aliphatic rings. The number of nitrogens with two attached hydrogens (primary N) is 1. The molecule has 0 aromatic heterocycles. The molecule has 5 heteroatoms. The van der Waals surface area contributed by atoms with Gasteiger partial charge in [0, 0.05) is 6.54 Å². The number of hydrogen-bond donors (Lipinski definition) is 2. The lowest BCUT2D eigenvalue weighted by Gasteiger charge is -2.23. The van der Waals surface area contributed by atoms with Crippen molar-refractivity contribution in [2.24, 2.45) is 0 Å². The van der Waals surface area contributed by atoms with Crippen LogP contribution in [0.15, 0.2) is 18.2 Å². The fourth-order valence-electron chi connectivity index (χ4n) is 2.17. The van der Waals surface area contributed by atoms with Crippen molar-refractivity contribution in [3.63, 3.8) is 0 Å². The van der Waals surface area contributed by atoms with E-state index >= 15 is 0 Å². The second-order valence-corrected chi connectivity index (χ2v) is 4.18. The number of benzene rings is 1. The van der Waals surface area contributed by atoms with Crippen molar-refractivity contribution >= 4 is 11.6 Å².